The van der Waals surface area contributed by atoms with Crippen molar-refractivity contribution in [1.29, 1.82) is 5.41 Å². The Balaban J connectivity index is 1.96. The molecule has 3 N–H and O–H groups in total. The van der Waals surface area contributed by atoms with E-state index >= 15 is 0 Å². The molecule has 0 fully saturated rings. The molecule has 0 atom stereocenters. The zero-order chi connectivity index (χ0) is 19.0. The summed E-state index contributed by atoms with van der Waals surface area (Å²) < 4.78 is 15.1. The maximum Gasteiger partial charge on any atom is 0.144 e. The molecule has 4 aromatic rings. The van der Waals surface area contributed by atoms with Crippen LogP contribution in [0.25, 0.3) is 27.3 Å². The predicted molar refractivity (Wildman–Crippen MR) is 106 cm³/mol. The van der Waals surface area contributed by atoms with Crippen LogP contribution in [0.4, 0.5) is 4.39 Å². The fourth-order valence-corrected chi connectivity index (χ4v) is 4.02. The van der Waals surface area contributed by atoms with Gasteiger partial charge >= 0.3 is 0 Å². The minimum Gasteiger partial charge on any atom is -0.382 e. The first-order valence-electron chi connectivity index (χ1n) is 8.12. The lowest BCUT2D eigenvalue weighted by Crippen LogP contribution is -2.12. The Bertz CT molecular complexity index is 1170. The minimum atomic E-state index is -0.324. The first-order chi connectivity index (χ1) is 13.1. The van der Waals surface area contributed by atoms with E-state index in [2.05, 4.69) is 10.1 Å². The topological polar surface area (TPSA) is 92.4 Å². The van der Waals surface area contributed by atoms with Crippen molar-refractivity contribution < 1.29 is 4.39 Å². The average Bonchev–Trinajstić information content (AvgIpc) is 3.23. The summed E-state index contributed by atoms with van der Waals surface area (Å²) in [5.41, 5.74) is 10.1. The fraction of sp³-hybridized carbons (Fsp3) is 0.0526. The van der Waals surface area contributed by atoms with Gasteiger partial charge in [-0.3, -0.25) is 5.41 Å². The second-order valence-electron chi connectivity index (χ2n) is 5.84. The highest BCUT2D eigenvalue weighted by molar-refractivity contribution is 7.17. The molecule has 0 saturated heterocycles. The van der Waals surface area contributed by atoms with E-state index in [1.54, 1.807) is 16.6 Å². The van der Waals surface area contributed by atoms with E-state index in [1.165, 1.54) is 23.5 Å². The van der Waals surface area contributed by atoms with Crippen LogP contribution in [0.5, 0.6) is 0 Å². The quantitative estimate of drug-likeness (QED) is 0.417. The molecule has 0 aliphatic heterocycles. The van der Waals surface area contributed by atoms with E-state index in [9.17, 15) is 4.39 Å². The van der Waals surface area contributed by atoms with Crippen molar-refractivity contribution in [2.75, 3.05) is 0 Å². The summed E-state index contributed by atoms with van der Waals surface area (Å²) in [7, 11) is 0. The summed E-state index contributed by atoms with van der Waals surface area (Å²) in [5, 5.41) is 12.5. The number of aliphatic imine (C=N–C) groups is 1. The van der Waals surface area contributed by atoms with Crippen molar-refractivity contribution in [2.24, 2.45) is 10.7 Å². The molecule has 0 bridgehead atoms. The summed E-state index contributed by atoms with van der Waals surface area (Å²) >= 11 is 1.38. The summed E-state index contributed by atoms with van der Waals surface area (Å²) in [4.78, 5) is 9.30. The Morgan fingerprint density at radius 2 is 2.04 bits per heavy atom. The third kappa shape index (κ3) is 3.00. The summed E-state index contributed by atoms with van der Waals surface area (Å²) in [6, 6.07) is 11.9. The summed E-state index contributed by atoms with van der Waals surface area (Å²) in [6.45, 7) is 1.93. The van der Waals surface area contributed by atoms with Crippen molar-refractivity contribution in [1.82, 2.24) is 14.6 Å². The average molecular weight is 378 g/mol. The van der Waals surface area contributed by atoms with Crippen molar-refractivity contribution in [3.63, 3.8) is 0 Å². The number of thiazole rings is 1. The van der Waals surface area contributed by atoms with E-state index in [-0.39, 0.29) is 11.7 Å². The van der Waals surface area contributed by atoms with Gasteiger partial charge in [-0.15, -0.1) is 11.3 Å². The first kappa shape index (κ1) is 17.0. The minimum absolute atomic E-state index is 0.196. The molecule has 0 radical (unpaired) electrons. The van der Waals surface area contributed by atoms with Gasteiger partial charge in [-0.25, -0.2) is 18.9 Å². The van der Waals surface area contributed by atoms with E-state index in [0.717, 1.165) is 33.7 Å². The number of hydrogen-bond acceptors (Lipinski definition) is 4. The number of nitrogens with zero attached hydrogens (tertiary/aromatic N) is 4. The maximum absolute atomic E-state index is 13.3. The number of benzene rings is 1. The normalized spacial score (nSPS) is 11.9. The molecule has 0 aliphatic rings. The molecule has 0 aliphatic carbocycles. The number of amidine groups is 1. The Hall–Kier alpha value is -3.39. The molecule has 1 aromatic carbocycles. The molecule has 27 heavy (non-hydrogen) atoms. The van der Waals surface area contributed by atoms with Crippen LogP contribution in [0.3, 0.4) is 0 Å². The van der Waals surface area contributed by atoms with Gasteiger partial charge in [-0.2, -0.15) is 5.10 Å². The van der Waals surface area contributed by atoms with Crippen LogP contribution in [0.1, 0.15) is 10.6 Å². The lowest BCUT2D eigenvalue weighted by Gasteiger charge is -2.01. The molecule has 3 heterocycles. The van der Waals surface area contributed by atoms with Gasteiger partial charge in [0, 0.05) is 11.8 Å². The van der Waals surface area contributed by atoms with Crippen molar-refractivity contribution in [3.05, 3.63) is 65.0 Å². The van der Waals surface area contributed by atoms with Crippen molar-refractivity contribution in [2.45, 2.75) is 6.92 Å². The van der Waals surface area contributed by atoms with Gasteiger partial charge in [0.1, 0.15) is 23.0 Å². The number of fused-ring (bicyclic) bond motifs is 1. The number of rotatable bonds is 4. The molecule has 0 unspecified atom stereocenters. The highest BCUT2D eigenvalue weighted by Gasteiger charge is 2.21. The maximum atomic E-state index is 13.3. The highest BCUT2D eigenvalue weighted by atomic mass is 32.1. The van der Waals surface area contributed by atoms with Crippen LogP contribution in [0.2, 0.25) is 0 Å². The number of halogens is 1. The zero-order valence-corrected chi connectivity index (χ0v) is 15.2. The van der Waals surface area contributed by atoms with Crippen molar-refractivity contribution >= 4 is 29.0 Å². The summed E-state index contributed by atoms with van der Waals surface area (Å²) in [5.74, 6) is -0.127. The molecule has 0 saturated carbocycles. The van der Waals surface area contributed by atoms with E-state index in [1.807, 2.05) is 31.3 Å². The SMILES string of the molecule is Cc1nn2ccccc2c1-c1nc(-c2ccc(F)cc2)c(C(N)=NC=N)s1. The third-order valence-electron chi connectivity index (χ3n) is 4.11. The standard InChI is InChI=1S/C19H15FN6S/c1-11-15(14-4-2-3-9-26(14)25-11)19-24-16(12-5-7-13(20)8-6-12)17(27-19)18(22)23-10-21/h2-10H,1H3,(H3,21,22,23). The number of hydrogen-bond donors (Lipinski definition) is 2. The van der Waals surface area contributed by atoms with Gasteiger partial charge in [0.2, 0.25) is 0 Å². The van der Waals surface area contributed by atoms with Crippen molar-refractivity contribution in [3.8, 4) is 21.8 Å². The number of aromatic nitrogens is 3. The molecule has 0 spiro atoms. The Labute approximate surface area is 158 Å². The van der Waals surface area contributed by atoms with E-state index in [4.69, 9.17) is 16.1 Å². The smallest absolute Gasteiger partial charge is 0.144 e. The largest absolute Gasteiger partial charge is 0.382 e. The van der Waals surface area contributed by atoms with Gasteiger partial charge in [-0.1, -0.05) is 6.07 Å². The van der Waals surface area contributed by atoms with Crippen LogP contribution in [-0.2, 0) is 0 Å². The Morgan fingerprint density at radius 1 is 1.26 bits per heavy atom. The second kappa shape index (κ2) is 6.73. The Morgan fingerprint density at radius 3 is 2.78 bits per heavy atom. The molecule has 4 rings (SSSR count). The van der Waals surface area contributed by atoms with Crippen LogP contribution >= 0.6 is 11.3 Å². The molecule has 3 aromatic heterocycles. The second-order valence-corrected chi connectivity index (χ2v) is 6.84. The molecule has 8 heteroatoms. The van der Waals surface area contributed by atoms with Crippen LogP contribution in [0, 0.1) is 18.2 Å². The number of nitrogens with one attached hydrogen (secondary N) is 1. The van der Waals surface area contributed by atoms with Gasteiger partial charge in [0.05, 0.1) is 27.3 Å². The molecule has 0 amide bonds. The lowest BCUT2D eigenvalue weighted by atomic mass is 10.1. The van der Waals surface area contributed by atoms with Gasteiger partial charge in [0.25, 0.3) is 0 Å². The van der Waals surface area contributed by atoms with E-state index < -0.39 is 0 Å². The number of nitrogens with two attached hydrogens (primary N) is 1. The predicted octanol–water partition coefficient (Wildman–Crippen LogP) is 3.88. The van der Waals surface area contributed by atoms with Gasteiger partial charge in [-0.05, 0) is 43.3 Å². The van der Waals surface area contributed by atoms with Gasteiger partial charge in [0.15, 0.2) is 0 Å². The molecular formula is C19H15FN6S. The third-order valence-corrected chi connectivity index (χ3v) is 5.21. The lowest BCUT2D eigenvalue weighted by molar-refractivity contribution is 0.628. The Kier molecular flexibility index (Phi) is 4.25. The highest BCUT2D eigenvalue weighted by Crippen LogP contribution is 2.37. The number of aryl methyl sites for hydroxylation is 1. The monoisotopic (exact) mass is 378 g/mol. The van der Waals surface area contributed by atoms with Gasteiger partial charge < -0.3 is 5.73 Å². The fourth-order valence-electron chi connectivity index (χ4n) is 2.91. The molecule has 6 nitrogen and oxygen atoms in total. The first-order valence-corrected chi connectivity index (χ1v) is 8.94. The zero-order valence-electron chi connectivity index (χ0n) is 14.3. The molecular weight excluding hydrogens is 363 g/mol. The number of pyridine rings is 1. The van der Waals surface area contributed by atoms with E-state index in [0.29, 0.717) is 10.6 Å². The molecule has 134 valence electrons. The van der Waals surface area contributed by atoms with Crippen LogP contribution in [0.15, 0.2) is 53.7 Å². The summed E-state index contributed by atoms with van der Waals surface area (Å²) in [6.07, 6.45) is 2.77. The van der Waals surface area contributed by atoms with Crippen LogP contribution in [-0.4, -0.2) is 26.8 Å². The van der Waals surface area contributed by atoms with Crippen LogP contribution < -0.4 is 5.73 Å².